The summed E-state index contributed by atoms with van der Waals surface area (Å²) in [7, 11) is 0. The minimum atomic E-state index is 0.524. The van der Waals surface area contributed by atoms with Gasteiger partial charge in [-0.2, -0.15) is 0 Å². The molecule has 0 aliphatic heterocycles. The topological polar surface area (TPSA) is 21.3 Å². The van der Waals surface area contributed by atoms with Gasteiger partial charge in [0.05, 0.1) is 6.61 Å². The zero-order chi connectivity index (χ0) is 14.1. The van der Waals surface area contributed by atoms with Crippen LogP contribution in [0.1, 0.15) is 58.4 Å². The molecular formula is C17H29NO. The van der Waals surface area contributed by atoms with Crippen LogP contribution in [0.2, 0.25) is 0 Å². The highest BCUT2D eigenvalue weighted by Crippen LogP contribution is 2.28. The van der Waals surface area contributed by atoms with Crippen molar-refractivity contribution in [3.63, 3.8) is 0 Å². The van der Waals surface area contributed by atoms with E-state index in [-0.39, 0.29) is 0 Å². The normalized spacial score (nSPS) is 14.1. The average Bonchev–Trinajstić information content (AvgIpc) is 2.44. The molecule has 1 aromatic rings. The Morgan fingerprint density at radius 2 is 1.89 bits per heavy atom. The standard InChI is InChI=1S/C17H29NO/c1-5-12-18-15(4)11-13-19-17-10-8-7-9-16(17)14(3)6-2/h7-10,14-15,18H,5-6,11-13H2,1-4H3. The fraction of sp³-hybridized carbons (Fsp3) is 0.647. The highest BCUT2D eigenvalue weighted by Gasteiger charge is 2.09. The molecule has 0 saturated carbocycles. The minimum absolute atomic E-state index is 0.524. The fourth-order valence-corrected chi connectivity index (χ4v) is 2.08. The first-order chi connectivity index (χ1) is 9.19. The Hall–Kier alpha value is -1.02. The molecule has 1 rings (SSSR count). The van der Waals surface area contributed by atoms with E-state index >= 15 is 0 Å². The van der Waals surface area contributed by atoms with Crippen LogP contribution in [-0.4, -0.2) is 19.2 Å². The first-order valence-corrected chi connectivity index (χ1v) is 7.64. The molecular weight excluding hydrogens is 234 g/mol. The molecule has 0 saturated heterocycles. The maximum atomic E-state index is 5.97. The Bertz CT molecular complexity index is 351. The molecule has 0 aliphatic rings. The van der Waals surface area contributed by atoms with E-state index in [1.54, 1.807) is 0 Å². The van der Waals surface area contributed by atoms with Crippen LogP contribution in [0.3, 0.4) is 0 Å². The molecule has 0 fully saturated rings. The predicted octanol–water partition coefficient (Wildman–Crippen LogP) is 4.36. The Kier molecular flexibility index (Phi) is 7.57. The van der Waals surface area contributed by atoms with Gasteiger partial charge in [0.25, 0.3) is 0 Å². The van der Waals surface area contributed by atoms with Crippen molar-refractivity contribution in [1.29, 1.82) is 0 Å². The third-order valence-corrected chi connectivity index (χ3v) is 3.61. The van der Waals surface area contributed by atoms with Crippen LogP contribution >= 0.6 is 0 Å². The van der Waals surface area contributed by atoms with Crippen molar-refractivity contribution < 1.29 is 4.74 Å². The lowest BCUT2D eigenvalue weighted by molar-refractivity contribution is 0.286. The average molecular weight is 263 g/mol. The Morgan fingerprint density at radius 1 is 1.16 bits per heavy atom. The number of nitrogens with one attached hydrogen (secondary N) is 1. The predicted molar refractivity (Wildman–Crippen MR) is 83.0 cm³/mol. The minimum Gasteiger partial charge on any atom is -0.493 e. The SMILES string of the molecule is CCCNC(C)CCOc1ccccc1C(C)CC. The van der Waals surface area contributed by atoms with Gasteiger partial charge in [-0.1, -0.05) is 39.0 Å². The Balaban J connectivity index is 2.44. The van der Waals surface area contributed by atoms with Crippen LogP contribution in [0.4, 0.5) is 0 Å². The number of benzene rings is 1. The molecule has 0 heterocycles. The summed E-state index contributed by atoms with van der Waals surface area (Å²) in [6.45, 7) is 10.8. The molecule has 2 unspecified atom stereocenters. The second-order valence-electron chi connectivity index (χ2n) is 5.34. The molecule has 0 radical (unpaired) electrons. The van der Waals surface area contributed by atoms with Crippen molar-refractivity contribution in [2.24, 2.45) is 0 Å². The first-order valence-electron chi connectivity index (χ1n) is 7.64. The summed E-state index contributed by atoms with van der Waals surface area (Å²) < 4.78 is 5.97. The van der Waals surface area contributed by atoms with Crippen LogP contribution in [-0.2, 0) is 0 Å². The van der Waals surface area contributed by atoms with E-state index in [2.05, 4.69) is 57.3 Å². The van der Waals surface area contributed by atoms with E-state index in [9.17, 15) is 0 Å². The molecule has 19 heavy (non-hydrogen) atoms. The molecule has 1 aromatic carbocycles. The van der Waals surface area contributed by atoms with Crippen molar-refractivity contribution in [3.8, 4) is 5.75 Å². The number of hydrogen-bond donors (Lipinski definition) is 1. The van der Waals surface area contributed by atoms with Crippen LogP contribution in [0.5, 0.6) is 5.75 Å². The van der Waals surface area contributed by atoms with Crippen LogP contribution in [0.25, 0.3) is 0 Å². The van der Waals surface area contributed by atoms with Crippen LogP contribution in [0, 0.1) is 0 Å². The van der Waals surface area contributed by atoms with Gasteiger partial charge < -0.3 is 10.1 Å². The second-order valence-corrected chi connectivity index (χ2v) is 5.34. The fourth-order valence-electron chi connectivity index (χ4n) is 2.08. The van der Waals surface area contributed by atoms with Crippen LogP contribution in [0.15, 0.2) is 24.3 Å². The van der Waals surface area contributed by atoms with E-state index in [0.29, 0.717) is 12.0 Å². The summed E-state index contributed by atoms with van der Waals surface area (Å²) in [5.41, 5.74) is 1.33. The van der Waals surface area contributed by atoms with Crippen molar-refractivity contribution in [2.75, 3.05) is 13.2 Å². The van der Waals surface area contributed by atoms with Crippen molar-refractivity contribution >= 4 is 0 Å². The van der Waals surface area contributed by atoms with Gasteiger partial charge in [0.15, 0.2) is 0 Å². The van der Waals surface area contributed by atoms with E-state index < -0.39 is 0 Å². The molecule has 108 valence electrons. The summed E-state index contributed by atoms with van der Waals surface area (Å²) in [6.07, 6.45) is 3.38. The Labute approximate surface area is 118 Å². The largest absolute Gasteiger partial charge is 0.493 e. The maximum Gasteiger partial charge on any atom is 0.122 e. The maximum absolute atomic E-state index is 5.97. The molecule has 0 aromatic heterocycles. The molecule has 0 amide bonds. The summed E-state index contributed by atoms with van der Waals surface area (Å²) in [5.74, 6) is 1.62. The zero-order valence-electron chi connectivity index (χ0n) is 12.9. The summed E-state index contributed by atoms with van der Waals surface area (Å²) >= 11 is 0. The summed E-state index contributed by atoms with van der Waals surface area (Å²) in [4.78, 5) is 0. The lowest BCUT2D eigenvalue weighted by Crippen LogP contribution is -2.28. The molecule has 2 heteroatoms. The van der Waals surface area contributed by atoms with Gasteiger partial charge >= 0.3 is 0 Å². The number of ether oxygens (including phenoxy) is 1. The quantitative estimate of drug-likeness (QED) is 0.715. The van der Waals surface area contributed by atoms with Crippen molar-refractivity contribution in [3.05, 3.63) is 29.8 Å². The lowest BCUT2D eigenvalue weighted by Gasteiger charge is -2.17. The molecule has 0 spiro atoms. The summed E-state index contributed by atoms with van der Waals surface area (Å²) in [5, 5.41) is 3.49. The number of hydrogen-bond acceptors (Lipinski definition) is 2. The highest BCUT2D eigenvalue weighted by molar-refractivity contribution is 5.35. The number of para-hydroxylation sites is 1. The smallest absolute Gasteiger partial charge is 0.122 e. The molecule has 1 N–H and O–H groups in total. The zero-order valence-corrected chi connectivity index (χ0v) is 12.9. The second kappa shape index (κ2) is 8.98. The van der Waals surface area contributed by atoms with Gasteiger partial charge in [0, 0.05) is 6.04 Å². The summed E-state index contributed by atoms with van der Waals surface area (Å²) in [6, 6.07) is 8.95. The van der Waals surface area contributed by atoms with Gasteiger partial charge in [-0.05, 0) is 50.3 Å². The van der Waals surface area contributed by atoms with Gasteiger partial charge in [-0.15, -0.1) is 0 Å². The van der Waals surface area contributed by atoms with E-state index in [0.717, 1.165) is 31.7 Å². The highest BCUT2D eigenvalue weighted by atomic mass is 16.5. The van der Waals surface area contributed by atoms with Gasteiger partial charge in [-0.25, -0.2) is 0 Å². The third kappa shape index (κ3) is 5.65. The van der Waals surface area contributed by atoms with Crippen LogP contribution < -0.4 is 10.1 Å². The van der Waals surface area contributed by atoms with Crippen molar-refractivity contribution in [1.82, 2.24) is 5.32 Å². The number of rotatable bonds is 9. The van der Waals surface area contributed by atoms with E-state index in [1.807, 2.05) is 0 Å². The van der Waals surface area contributed by atoms with E-state index in [4.69, 9.17) is 4.74 Å². The van der Waals surface area contributed by atoms with Gasteiger partial charge in [-0.3, -0.25) is 0 Å². The molecule has 0 bridgehead atoms. The third-order valence-electron chi connectivity index (χ3n) is 3.61. The van der Waals surface area contributed by atoms with Gasteiger partial charge in [0.1, 0.15) is 5.75 Å². The van der Waals surface area contributed by atoms with Gasteiger partial charge in [0.2, 0.25) is 0 Å². The molecule has 2 nitrogen and oxygen atoms in total. The van der Waals surface area contributed by atoms with E-state index in [1.165, 1.54) is 12.0 Å². The molecule has 0 aliphatic carbocycles. The molecule has 2 atom stereocenters. The van der Waals surface area contributed by atoms with Crippen molar-refractivity contribution in [2.45, 2.75) is 58.9 Å². The lowest BCUT2D eigenvalue weighted by atomic mass is 9.98. The first kappa shape index (κ1) is 16.0. The monoisotopic (exact) mass is 263 g/mol. The Morgan fingerprint density at radius 3 is 2.58 bits per heavy atom.